The van der Waals surface area contributed by atoms with Gasteiger partial charge in [-0.05, 0) is 46.8 Å². The molecule has 0 bridgehead atoms. The van der Waals surface area contributed by atoms with E-state index in [2.05, 4.69) is 37.3 Å². The van der Waals surface area contributed by atoms with Crippen LogP contribution in [0.2, 0.25) is 0 Å². The molecular formula is C13H27N3. The van der Waals surface area contributed by atoms with Gasteiger partial charge in [0.15, 0.2) is 0 Å². The van der Waals surface area contributed by atoms with Crippen LogP contribution in [0.1, 0.15) is 26.7 Å². The summed E-state index contributed by atoms with van der Waals surface area (Å²) < 4.78 is 0. The quantitative estimate of drug-likeness (QED) is 0.732. The molecular weight excluding hydrogens is 198 g/mol. The first-order chi connectivity index (χ1) is 7.51. The van der Waals surface area contributed by atoms with Gasteiger partial charge in [-0.2, -0.15) is 0 Å². The van der Waals surface area contributed by atoms with Crippen molar-refractivity contribution in [1.29, 1.82) is 0 Å². The molecule has 0 aromatic carbocycles. The minimum atomic E-state index is 0.249. The summed E-state index contributed by atoms with van der Waals surface area (Å²) in [6.45, 7) is 12.6. The van der Waals surface area contributed by atoms with Crippen molar-refractivity contribution in [2.45, 2.75) is 38.3 Å². The molecule has 1 aliphatic heterocycles. The van der Waals surface area contributed by atoms with Gasteiger partial charge in [-0.25, -0.2) is 0 Å². The number of hydrogen-bond donors (Lipinski definition) is 1. The molecule has 3 nitrogen and oxygen atoms in total. The third-order valence-electron chi connectivity index (χ3n) is 3.67. The SMILES string of the molecule is C=CCN1C(CCN)CN(C)CCC1(C)C. The normalized spacial score (nSPS) is 27.6. The molecule has 1 unspecified atom stereocenters. The summed E-state index contributed by atoms with van der Waals surface area (Å²) in [6, 6.07) is 0.561. The van der Waals surface area contributed by atoms with Gasteiger partial charge in [0.25, 0.3) is 0 Å². The summed E-state index contributed by atoms with van der Waals surface area (Å²) >= 11 is 0. The molecule has 0 saturated carbocycles. The highest BCUT2D eigenvalue weighted by molar-refractivity contribution is 4.94. The lowest BCUT2D eigenvalue weighted by atomic mass is 9.96. The van der Waals surface area contributed by atoms with Crippen LogP contribution in [0, 0.1) is 0 Å². The largest absolute Gasteiger partial charge is 0.330 e. The lowest BCUT2D eigenvalue weighted by molar-refractivity contribution is 0.0860. The minimum Gasteiger partial charge on any atom is -0.330 e. The summed E-state index contributed by atoms with van der Waals surface area (Å²) in [5.74, 6) is 0. The zero-order valence-electron chi connectivity index (χ0n) is 11.1. The first-order valence-corrected chi connectivity index (χ1v) is 6.27. The predicted octanol–water partition coefficient (Wildman–Crippen LogP) is 1.31. The molecule has 1 fully saturated rings. The number of rotatable bonds is 4. The number of nitrogens with zero attached hydrogens (tertiary/aromatic N) is 2. The second kappa shape index (κ2) is 5.80. The van der Waals surface area contributed by atoms with E-state index in [-0.39, 0.29) is 5.54 Å². The van der Waals surface area contributed by atoms with E-state index in [9.17, 15) is 0 Å². The molecule has 0 radical (unpaired) electrons. The first kappa shape index (κ1) is 13.7. The van der Waals surface area contributed by atoms with Crippen LogP contribution in [-0.4, -0.2) is 54.6 Å². The minimum absolute atomic E-state index is 0.249. The van der Waals surface area contributed by atoms with Crippen molar-refractivity contribution < 1.29 is 0 Å². The van der Waals surface area contributed by atoms with Gasteiger partial charge in [0.05, 0.1) is 0 Å². The van der Waals surface area contributed by atoms with E-state index >= 15 is 0 Å². The Labute approximate surface area is 100 Å². The molecule has 1 heterocycles. The molecule has 0 aliphatic carbocycles. The maximum Gasteiger partial charge on any atom is 0.0243 e. The van der Waals surface area contributed by atoms with Gasteiger partial charge >= 0.3 is 0 Å². The highest BCUT2D eigenvalue weighted by Gasteiger charge is 2.34. The van der Waals surface area contributed by atoms with Gasteiger partial charge in [-0.15, -0.1) is 6.58 Å². The Bertz CT molecular complexity index is 225. The van der Waals surface area contributed by atoms with Gasteiger partial charge < -0.3 is 10.6 Å². The Balaban J connectivity index is 2.84. The molecule has 1 rings (SSSR count). The van der Waals surface area contributed by atoms with Gasteiger partial charge in [-0.3, -0.25) is 4.90 Å². The Hall–Kier alpha value is -0.380. The highest BCUT2D eigenvalue weighted by atomic mass is 15.3. The van der Waals surface area contributed by atoms with Crippen molar-refractivity contribution in [2.24, 2.45) is 5.73 Å². The zero-order chi connectivity index (χ0) is 12.2. The van der Waals surface area contributed by atoms with Gasteiger partial charge in [0.1, 0.15) is 0 Å². The molecule has 0 spiro atoms. The monoisotopic (exact) mass is 225 g/mol. The number of likely N-dealkylation sites (N-methyl/N-ethyl adjacent to an activating group) is 1. The van der Waals surface area contributed by atoms with Crippen molar-refractivity contribution in [2.75, 3.05) is 33.2 Å². The van der Waals surface area contributed by atoms with Gasteiger partial charge in [0, 0.05) is 24.7 Å². The Morgan fingerprint density at radius 3 is 2.75 bits per heavy atom. The van der Waals surface area contributed by atoms with Crippen LogP contribution in [0.15, 0.2) is 12.7 Å². The Morgan fingerprint density at radius 1 is 1.50 bits per heavy atom. The summed E-state index contributed by atoms with van der Waals surface area (Å²) in [6.07, 6.45) is 4.29. The van der Waals surface area contributed by atoms with E-state index in [0.717, 1.165) is 26.1 Å². The van der Waals surface area contributed by atoms with E-state index < -0.39 is 0 Å². The Morgan fingerprint density at radius 2 is 2.19 bits per heavy atom. The number of nitrogens with two attached hydrogens (primary N) is 1. The Kier molecular flexibility index (Phi) is 4.96. The van der Waals surface area contributed by atoms with Crippen molar-refractivity contribution in [3.8, 4) is 0 Å². The first-order valence-electron chi connectivity index (χ1n) is 6.27. The van der Waals surface area contributed by atoms with Crippen molar-refractivity contribution in [3.05, 3.63) is 12.7 Å². The molecule has 3 heteroatoms. The van der Waals surface area contributed by atoms with Crippen LogP contribution >= 0.6 is 0 Å². The standard InChI is InChI=1S/C13H27N3/c1-5-9-16-12(6-8-14)11-15(4)10-7-13(16,2)3/h5,12H,1,6-11,14H2,2-4H3. The van der Waals surface area contributed by atoms with Crippen molar-refractivity contribution in [3.63, 3.8) is 0 Å². The smallest absolute Gasteiger partial charge is 0.0243 e. The molecule has 0 aromatic heterocycles. The summed E-state index contributed by atoms with van der Waals surface area (Å²) in [5, 5.41) is 0. The average Bonchev–Trinajstić information content (AvgIpc) is 2.31. The van der Waals surface area contributed by atoms with Crippen LogP contribution in [0.5, 0.6) is 0 Å². The highest BCUT2D eigenvalue weighted by Crippen LogP contribution is 2.26. The van der Waals surface area contributed by atoms with Crippen LogP contribution in [0.25, 0.3) is 0 Å². The third kappa shape index (κ3) is 3.30. The molecule has 1 saturated heterocycles. The molecule has 1 atom stereocenters. The summed E-state index contributed by atoms with van der Waals surface area (Å²) in [7, 11) is 2.21. The van der Waals surface area contributed by atoms with E-state index in [1.165, 1.54) is 13.0 Å². The van der Waals surface area contributed by atoms with Gasteiger partial charge in [-0.1, -0.05) is 6.08 Å². The molecule has 2 N–H and O–H groups in total. The zero-order valence-corrected chi connectivity index (χ0v) is 11.1. The molecule has 94 valence electrons. The van der Waals surface area contributed by atoms with Crippen molar-refractivity contribution in [1.82, 2.24) is 9.80 Å². The maximum atomic E-state index is 5.73. The predicted molar refractivity (Wildman–Crippen MR) is 70.6 cm³/mol. The second-order valence-electron chi connectivity index (χ2n) is 5.50. The van der Waals surface area contributed by atoms with E-state index in [0.29, 0.717) is 6.04 Å². The lowest BCUT2D eigenvalue weighted by Gasteiger charge is -2.41. The van der Waals surface area contributed by atoms with E-state index in [1.807, 2.05) is 6.08 Å². The lowest BCUT2D eigenvalue weighted by Crippen LogP contribution is -2.51. The van der Waals surface area contributed by atoms with E-state index in [1.54, 1.807) is 0 Å². The maximum absolute atomic E-state index is 5.73. The molecule has 0 amide bonds. The van der Waals surface area contributed by atoms with Gasteiger partial charge in [0.2, 0.25) is 0 Å². The fourth-order valence-corrected chi connectivity index (χ4v) is 2.63. The molecule has 16 heavy (non-hydrogen) atoms. The summed E-state index contributed by atoms with van der Waals surface area (Å²) in [4.78, 5) is 4.99. The molecule has 1 aliphatic rings. The van der Waals surface area contributed by atoms with Crippen LogP contribution in [0.4, 0.5) is 0 Å². The topological polar surface area (TPSA) is 32.5 Å². The van der Waals surface area contributed by atoms with Crippen LogP contribution in [0.3, 0.4) is 0 Å². The summed E-state index contributed by atoms with van der Waals surface area (Å²) in [5.41, 5.74) is 5.98. The van der Waals surface area contributed by atoms with Crippen LogP contribution in [-0.2, 0) is 0 Å². The van der Waals surface area contributed by atoms with Crippen LogP contribution < -0.4 is 5.73 Å². The number of hydrogen-bond acceptors (Lipinski definition) is 3. The fraction of sp³-hybridized carbons (Fsp3) is 0.846. The van der Waals surface area contributed by atoms with E-state index in [4.69, 9.17) is 5.73 Å². The molecule has 0 aromatic rings. The average molecular weight is 225 g/mol. The third-order valence-corrected chi connectivity index (χ3v) is 3.67. The second-order valence-corrected chi connectivity index (χ2v) is 5.50. The van der Waals surface area contributed by atoms with Crippen molar-refractivity contribution >= 4 is 0 Å². The fourth-order valence-electron chi connectivity index (χ4n) is 2.63.